The van der Waals surface area contributed by atoms with Gasteiger partial charge in [0.05, 0.1) is 5.56 Å². The van der Waals surface area contributed by atoms with Gasteiger partial charge < -0.3 is 9.84 Å². The molecular formula is C26H18O4. The standard InChI is InChI=1S/C26H18O4/c27-23(16-15-18-9-3-1-4-10-18)30-22-17-20-13-7-8-14-21(20)24(26(22)29)25(28)19-11-5-2-6-12-19/h1-17,29H. The van der Waals surface area contributed by atoms with Crippen LogP contribution >= 0.6 is 0 Å². The Morgan fingerprint density at radius 1 is 0.800 bits per heavy atom. The molecule has 4 rings (SSSR count). The third kappa shape index (κ3) is 3.98. The first-order valence-electron chi connectivity index (χ1n) is 9.43. The molecule has 30 heavy (non-hydrogen) atoms. The molecule has 0 heterocycles. The van der Waals surface area contributed by atoms with Crippen LogP contribution in [0, 0.1) is 0 Å². The molecule has 0 aliphatic rings. The number of rotatable bonds is 5. The molecule has 0 atom stereocenters. The molecule has 0 aliphatic heterocycles. The van der Waals surface area contributed by atoms with Crippen LogP contribution < -0.4 is 4.74 Å². The van der Waals surface area contributed by atoms with Crippen LogP contribution in [-0.4, -0.2) is 16.9 Å². The molecule has 0 amide bonds. The van der Waals surface area contributed by atoms with E-state index in [9.17, 15) is 14.7 Å². The molecule has 146 valence electrons. The summed E-state index contributed by atoms with van der Waals surface area (Å²) < 4.78 is 5.37. The number of phenolic OH excluding ortho intramolecular Hbond substituents is 1. The first kappa shape index (κ1) is 19.2. The number of esters is 1. The van der Waals surface area contributed by atoms with Gasteiger partial charge in [-0.25, -0.2) is 4.79 Å². The summed E-state index contributed by atoms with van der Waals surface area (Å²) in [5.41, 5.74) is 1.39. The smallest absolute Gasteiger partial charge is 0.336 e. The van der Waals surface area contributed by atoms with Gasteiger partial charge in [0.15, 0.2) is 17.3 Å². The molecule has 0 aliphatic carbocycles. The SMILES string of the molecule is O=C(C=Cc1ccccc1)Oc1cc2ccccc2c(C(=O)c2ccccc2)c1O. The van der Waals surface area contributed by atoms with Gasteiger partial charge in [0.25, 0.3) is 0 Å². The molecule has 0 radical (unpaired) electrons. The van der Waals surface area contributed by atoms with Crippen molar-refractivity contribution in [3.8, 4) is 11.5 Å². The third-order valence-electron chi connectivity index (χ3n) is 4.67. The topological polar surface area (TPSA) is 63.6 Å². The van der Waals surface area contributed by atoms with E-state index in [-0.39, 0.29) is 22.8 Å². The minimum Gasteiger partial charge on any atom is -0.504 e. The van der Waals surface area contributed by atoms with Crippen molar-refractivity contribution in [2.24, 2.45) is 0 Å². The van der Waals surface area contributed by atoms with E-state index in [0.29, 0.717) is 16.3 Å². The van der Waals surface area contributed by atoms with Gasteiger partial charge in [-0.15, -0.1) is 0 Å². The fourth-order valence-electron chi connectivity index (χ4n) is 3.22. The second kappa shape index (κ2) is 8.45. The van der Waals surface area contributed by atoms with Crippen molar-refractivity contribution < 1.29 is 19.4 Å². The van der Waals surface area contributed by atoms with Gasteiger partial charge in [0, 0.05) is 11.6 Å². The summed E-state index contributed by atoms with van der Waals surface area (Å²) in [7, 11) is 0. The average Bonchev–Trinajstić information content (AvgIpc) is 2.79. The lowest BCUT2D eigenvalue weighted by Gasteiger charge is -2.13. The normalized spacial score (nSPS) is 10.9. The average molecular weight is 394 g/mol. The molecule has 4 nitrogen and oxygen atoms in total. The third-order valence-corrected chi connectivity index (χ3v) is 4.67. The number of fused-ring (bicyclic) bond motifs is 1. The highest BCUT2D eigenvalue weighted by molar-refractivity contribution is 6.19. The van der Waals surface area contributed by atoms with Crippen molar-refractivity contribution in [2.45, 2.75) is 0 Å². The lowest BCUT2D eigenvalue weighted by Crippen LogP contribution is -2.07. The van der Waals surface area contributed by atoms with Gasteiger partial charge in [-0.3, -0.25) is 4.79 Å². The van der Waals surface area contributed by atoms with Crippen LogP contribution in [0.1, 0.15) is 21.5 Å². The molecular weight excluding hydrogens is 376 g/mol. The van der Waals surface area contributed by atoms with Crippen molar-refractivity contribution >= 4 is 28.6 Å². The predicted molar refractivity (Wildman–Crippen MR) is 117 cm³/mol. The minimum absolute atomic E-state index is 0.0595. The number of aromatic hydroxyl groups is 1. The van der Waals surface area contributed by atoms with E-state index in [1.54, 1.807) is 54.6 Å². The summed E-state index contributed by atoms with van der Waals surface area (Å²) >= 11 is 0. The van der Waals surface area contributed by atoms with Crippen LogP contribution in [0.4, 0.5) is 0 Å². The number of hydrogen-bond donors (Lipinski definition) is 1. The van der Waals surface area contributed by atoms with E-state index in [1.807, 2.05) is 42.5 Å². The molecule has 0 bridgehead atoms. The molecule has 0 saturated heterocycles. The molecule has 0 aromatic heterocycles. The summed E-state index contributed by atoms with van der Waals surface area (Å²) in [6.07, 6.45) is 2.90. The summed E-state index contributed by atoms with van der Waals surface area (Å²) in [5, 5.41) is 12.1. The first-order valence-corrected chi connectivity index (χ1v) is 9.43. The van der Waals surface area contributed by atoms with Crippen molar-refractivity contribution in [3.05, 3.63) is 114 Å². The van der Waals surface area contributed by atoms with Crippen LogP contribution in [0.2, 0.25) is 0 Å². The highest BCUT2D eigenvalue weighted by Gasteiger charge is 2.22. The van der Waals surface area contributed by atoms with Crippen LogP contribution in [0.3, 0.4) is 0 Å². The Morgan fingerprint density at radius 2 is 1.43 bits per heavy atom. The number of hydrogen-bond acceptors (Lipinski definition) is 4. The first-order chi connectivity index (χ1) is 14.6. The molecule has 4 aromatic carbocycles. The predicted octanol–water partition coefficient (Wildman–Crippen LogP) is 5.40. The Bertz CT molecular complexity index is 1240. The monoisotopic (exact) mass is 394 g/mol. The van der Waals surface area contributed by atoms with E-state index in [0.717, 1.165) is 5.56 Å². The maximum Gasteiger partial charge on any atom is 0.336 e. The largest absolute Gasteiger partial charge is 0.504 e. The Hall–Kier alpha value is -4.18. The van der Waals surface area contributed by atoms with Gasteiger partial charge in [-0.1, -0.05) is 84.9 Å². The molecule has 4 heteroatoms. The van der Waals surface area contributed by atoms with E-state index < -0.39 is 5.97 Å². The summed E-state index contributed by atoms with van der Waals surface area (Å²) in [4.78, 5) is 25.4. The van der Waals surface area contributed by atoms with E-state index in [1.165, 1.54) is 6.08 Å². The van der Waals surface area contributed by atoms with Crippen LogP contribution in [0.15, 0.2) is 97.1 Å². The quantitative estimate of drug-likeness (QED) is 0.213. The number of ether oxygens (including phenoxy) is 1. The Morgan fingerprint density at radius 3 is 2.17 bits per heavy atom. The summed E-state index contributed by atoms with van der Waals surface area (Å²) in [6.45, 7) is 0. The Balaban J connectivity index is 1.72. The molecule has 1 N–H and O–H groups in total. The molecule has 0 saturated carbocycles. The van der Waals surface area contributed by atoms with Crippen molar-refractivity contribution in [1.82, 2.24) is 0 Å². The maximum absolute atomic E-state index is 13.1. The molecule has 0 fully saturated rings. The Labute approximate surface area is 173 Å². The van der Waals surface area contributed by atoms with Gasteiger partial charge in [-0.2, -0.15) is 0 Å². The zero-order valence-electron chi connectivity index (χ0n) is 16.0. The highest BCUT2D eigenvalue weighted by atomic mass is 16.5. The minimum atomic E-state index is -0.650. The van der Waals surface area contributed by atoms with E-state index >= 15 is 0 Å². The molecule has 0 spiro atoms. The summed E-state index contributed by atoms with van der Waals surface area (Å²) in [6, 6.07) is 26.7. The maximum atomic E-state index is 13.1. The van der Waals surface area contributed by atoms with E-state index in [4.69, 9.17) is 4.74 Å². The molecule has 0 unspecified atom stereocenters. The summed E-state index contributed by atoms with van der Waals surface area (Å²) in [5.74, 6) is -1.41. The Kier molecular flexibility index (Phi) is 5.39. The number of ketones is 1. The zero-order valence-corrected chi connectivity index (χ0v) is 16.0. The number of phenols is 1. The van der Waals surface area contributed by atoms with Crippen LogP contribution in [0.25, 0.3) is 16.8 Å². The van der Waals surface area contributed by atoms with Crippen molar-refractivity contribution in [2.75, 3.05) is 0 Å². The van der Waals surface area contributed by atoms with Gasteiger partial charge in [0.1, 0.15) is 0 Å². The number of carbonyl (C=O) groups excluding carboxylic acids is 2. The van der Waals surface area contributed by atoms with Crippen LogP contribution in [-0.2, 0) is 4.79 Å². The second-order valence-electron chi connectivity index (χ2n) is 6.68. The van der Waals surface area contributed by atoms with Crippen molar-refractivity contribution in [3.63, 3.8) is 0 Å². The lowest BCUT2D eigenvalue weighted by atomic mass is 9.95. The number of carbonyl (C=O) groups is 2. The fraction of sp³-hybridized carbons (Fsp3) is 0. The van der Waals surface area contributed by atoms with Gasteiger partial charge in [-0.05, 0) is 28.5 Å². The molecule has 4 aromatic rings. The van der Waals surface area contributed by atoms with Gasteiger partial charge >= 0.3 is 5.97 Å². The highest BCUT2D eigenvalue weighted by Crippen LogP contribution is 2.38. The van der Waals surface area contributed by atoms with Gasteiger partial charge in [0.2, 0.25) is 0 Å². The van der Waals surface area contributed by atoms with Crippen molar-refractivity contribution in [1.29, 1.82) is 0 Å². The number of benzene rings is 4. The second-order valence-corrected chi connectivity index (χ2v) is 6.68. The fourth-order valence-corrected chi connectivity index (χ4v) is 3.22. The van der Waals surface area contributed by atoms with E-state index in [2.05, 4.69) is 0 Å². The zero-order chi connectivity index (χ0) is 20.9. The lowest BCUT2D eigenvalue weighted by molar-refractivity contribution is -0.129. The van der Waals surface area contributed by atoms with Crippen LogP contribution in [0.5, 0.6) is 11.5 Å².